The highest BCUT2D eigenvalue weighted by atomic mass is 35.5. The zero-order chi connectivity index (χ0) is 39.0. The fourth-order valence-electron chi connectivity index (χ4n) is 4.41. The maximum absolute atomic E-state index is 14.3. The quantitative estimate of drug-likeness (QED) is 0.0903. The summed E-state index contributed by atoms with van der Waals surface area (Å²) >= 11 is 37.8. The number of non-ortho nitro benzene ring substituents is 2. The van der Waals surface area contributed by atoms with Crippen molar-refractivity contribution in [3.05, 3.63) is 141 Å². The van der Waals surface area contributed by atoms with Gasteiger partial charge in [-0.15, -0.1) is 0 Å². The van der Waals surface area contributed by atoms with Gasteiger partial charge in [-0.1, -0.05) is 69.6 Å². The van der Waals surface area contributed by atoms with Crippen LogP contribution in [0.2, 0.25) is 30.1 Å². The van der Waals surface area contributed by atoms with Gasteiger partial charge >= 0.3 is 0 Å². The van der Waals surface area contributed by atoms with Crippen LogP contribution in [0.4, 0.5) is 17.1 Å². The lowest BCUT2D eigenvalue weighted by Gasteiger charge is -2.25. The first kappa shape index (κ1) is 39.6. The molecule has 5 aromatic rings. The monoisotopic (exact) mass is 876 g/mol. The van der Waals surface area contributed by atoms with Gasteiger partial charge in [-0.3, -0.25) is 20.2 Å². The molecule has 0 N–H and O–H groups in total. The molecule has 0 heterocycles. The summed E-state index contributed by atoms with van der Waals surface area (Å²) in [5.41, 5.74) is -1.08. The molecule has 0 amide bonds. The largest absolute Gasteiger partial charge is 0.453 e. The van der Waals surface area contributed by atoms with E-state index in [9.17, 15) is 42.3 Å². The average Bonchev–Trinajstić information content (AvgIpc) is 3.08. The summed E-state index contributed by atoms with van der Waals surface area (Å²) in [5.74, 6) is -0.901. The fourth-order valence-corrected chi connectivity index (χ4v) is 10.0. The Morgan fingerprint density at radius 3 is 1.23 bits per heavy atom. The minimum absolute atomic E-state index is 0.0343. The van der Waals surface area contributed by atoms with Crippen LogP contribution in [0.5, 0.6) is 23.0 Å². The van der Waals surface area contributed by atoms with E-state index in [4.69, 9.17) is 79.1 Å². The van der Waals surface area contributed by atoms with Gasteiger partial charge < -0.3 is 9.47 Å². The molecule has 14 nitrogen and oxygen atoms in total. The molecule has 53 heavy (non-hydrogen) atoms. The van der Waals surface area contributed by atoms with Gasteiger partial charge in [0.25, 0.3) is 31.4 Å². The van der Waals surface area contributed by atoms with Crippen LogP contribution < -0.4 is 13.2 Å². The normalized spacial score (nSPS) is 11.4. The molecular weight excluding hydrogens is 865 g/mol. The van der Waals surface area contributed by atoms with Gasteiger partial charge in [0.05, 0.1) is 67.1 Å². The maximum Gasteiger partial charge on any atom is 0.277 e. The smallest absolute Gasteiger partial charge is 0.277 e. The number of halogens is 6. The van der Waals surface area contributed by atoms with Gasteiger partial charge in [-0.25, -0.2) is 16.8 Å². The van der Waals surface area contributed by atoms with Crippen LogP contribution in [0.1, 0.15) is 5.56 Å². The average molecular weight is 879 g/mol. The van der Waals surface area contributed by atoms with Crippen LogP contribution in [-0.4, -0.2) is 26.7 Å². The predicted molar refractivity (Wildman–Crippen MR) is 197 cm³/mol. The Balaban J connectivity index is 1.59. The molecule has 0 aliphatic rings. The lowest BCUT2D eigenvalue weighted by molar-refractivity contribution is -0.385. The Morgan fingerprint density at radius 2 is 0.925 bits per heavy atom. The Morgan fingerprint density at radius 1 is 0.566 bits per heavy atom. The molecule has 22 heteroatoms. The van der Waals surface area contributed by atoms with Gasteiger partial charge in [0.1, 0.15) is 11.5 Å². The van der Waals surface area contributed by atoms with Crippen molar-refractivity contribution in [2.24, 2.45) is 0 Å². The Labute approximate surface area is 329 Å². The number of hydrogen-bond acceptors (Lipinski definition) is 11. The number of benzene rings is 5. The van der Waals surface area contributed by atoms with Crippen molar-refractivity contribution in [3.8, 4) is 29.1 Å². The number of ether oxygens (including phenoxy) is 2. The number of hydrogen-bond donors (Lipinski definition) is 0. The second-order valence-corrected chi connectivity index (χ2v) is 16.5. The SMILES string of the molecule is N#Cc1ccc(N(S(=O)(=O)c2cc(Cl)c(Oc3ccc([N+](=O)[O-])cc3Cl)c(Cl)c2)S(=O)(=O)c2cc(Cl)c(Oc3ccc([N+](=O)[O-])cc3Cl)c(Cl)c2)cc1. The Kier molecular flexibility index (Phi) is 11.5. The van der Waals surface area contributed by atoms with Crippen LogP contribution in [0, 0.1) is 31.6 Å². The molecular formula is C31H14Cl6N4O10S2. The van der Waals surface area contributed by atoms with E-state index in [1.807, 2.05) is 6.07 Å². The van der Waals surface area contributed by atoms with E-state index >= 15 is 0 Å². The number of sulfonamides is 2. The topological polar surface area (TPSA) is 200 Å². The summed E-state index contributed by atoms with van der Waals surface area (Å²) in [6.45, 7) is 0. The van der Waals surface area contributed by atoms with Crippen molar-refractivity contribution in [1.29, 1.82) is 5.26 Å². The van der Waals surface area contributed by atoms with Crippen LogP contribution in [0.25, 0.3) is 0 Å². The maximum atomic E-state index is 14.3. The number of rotatable bonds is 11. The van der Waals surface area contributed by atoms with Crippen molar-refractivity contribution in [3.63, 3.8) is 0 Å². The molecule has 0 bridgehead atoms. The van der Waals surface area contributed by atoms with Gasteiger partial charge in [0, 0.05) is 24.3 Å². The standard InChI is InChI=1S/C31H14Cl6N4O10S2/c32-22-9-18(39(42)43)5-7-28(22)50-30-24(34)11-20(12-25(30)35)52(46,47)41(17-3-1-16(15-38)2-4-17)53(48,49)21-13-26(36)31(27(37)14-21)51-29-8-6-19(40(44)45)10-23(29)33/h1-14H. The summed E-state index contributed by atoms with van der Waals surface area (Å²) in [5, 5.41) is 29.3. The minimum Gasteiger partial charge on any atom is -0.453 e. The van der Waals surface area contributed by atoms with E-state index in [0.29, 0.717) is 0 Å². The zero-order valence-corrected chi connectivity index (χ0v) is 31.7. The molecule has 0 saturated heterocycles. The molecule has 0 atom stereocenters. The van der Waals surface area contributed by atoms with E-state index in [0.717, 1.165) is 72.8 Å². The first-order valence-corrected chi connectivity index (χ1v) is 19.0. The molecule has 5 aromatic carbocycles. The molecule has 0 saturated carbocycles. The summed E-state index contributed by atoms with van der Waals surface area (Å²) < 4.78 is 68.5. The number of nitriles is 1. The highest BCUT2D eigenvalue weighted by Gasteiger charge is 2.39. The van der Waals surface area contributed by atoms with Gasteiger partial charge in [0.2, 0.25) is 0 Å². The Bertz CT molecular complexity index is 2410. The first-order valence-electron chi connectivity index (χ1n) is 13.9. The molecule has 5 rings (SSSR count). The van der Waals surface area contributed by atoms with E-state index < -0.39 is 65.5 Å². The van der Waals surface area contributed by atoms with Gasteiger partial charge in [-0.2, -0.15) is 8.97 Å². The summed E-state index contributed by atoms with van der Waals surface area (Å²) in [6.07, 6.45) is 0. The molecule has 0 spiro atoms. The van der Waals surface area contributed by atoms with E-state index in [2.05, 4.69) is 0 Å². The van der Waals surface area contributed by atoms with E-state index in [-0.39, 0.29) is 53.7 Å². The second-order valence-electron chi connectivity index (χ2n) is 10.2. The predicted octanol–water partition coefficient (Wildman–Crippen LogP) is 10.5. The van der Waals surface area contributed by atoms with E-state index in [1.165, 1.54) is 12.1 Å². The summed E-state index contributed by atoms with van der Waals surface area (Å²) in [6, 6.07) is 16.2. The molecule has 272 valence electrons. The highest BCUT2D eigenvalue weighted by Crippen LogP contribution is 2.45. The number of anilines is 1. The molecule has 0 aliphatic heterocycles. The fraction of sp³-hybridized carbons (Fsp3) is 0. The number of nitro groups is 2. The van der Waals surface area contributed by atoms with Gasteiger partial charge in [0.15, 0.2) is 11.5 Å². The molecule has 0 aliphatic carbocycles. The van der Waals surface area contributed by atoms with Crippen molar-refractivity contribution < 1.29 is 36.2 Å². The molecule has 0 aromatic heterocycles. The highest BCUT2D eigenvalue weighted by molar-refractivity contribution is 8.10. The third-order valence-corrected chi connectivity index (χ3v) is 12.7. The molecule has 0 radical (unpaired) electrons. The van der Waals surface area contributed by atoms with Crippen molar-refractivity contribution in [1.82, 2.24) is 0 Å². The Hall–Kier alpha value is -4.57. The summed E-state index contributed by atoms with van der Waals surface area (Å²) in [7, 11) is -10.4. The summed E-state index contributed by atoms with van der Waals surface area (Å²) in [4.78, 5) is 19.3. The third kappa shape index (κ3) is 8.17. The van der Waals surface area contributed by atoms with Crippen LogP contribution >= 0.6 is 69.6 Å². The second kappa shape index (κ2) is 15.4. The first-order chi connectivity index (χ1) is 24.8. The zero-order valence-electron chi connectivity index (χ0n) is 25.5. The van der Waals surface area contributed by atoms with Crippen LogP contribution in [0.15, 0.2) is 94.7 Å². The number of nitrogens with zero attached hydrogens (tertiary/aromatic N) is 4. The third-order valence-electron chi connectivity index (χ3n) is 6.86. The van der Waals surface area contributed by atoms with Crippen molar-refractivity contribution in [2.75, 3.05) is 3.71 Å². The van der Waals surface area contributed by atoms with Gasteiger partial charge in [-0.05, 0) is 60.7 Å². The van der Waals surface area contributed by atoms with E-state index in [1.54, 1.807) is 0 Å². The molecule has 0 fully saturated rings. The lowest BCUT2D eigenvalue weighted by Crippen LogP contribution is -2.37. The minimum atomic E-state index is -5.19. The molecule has 0 unspecified atom stereocenters. The van der Waals surface area contributed by atoms with Crippen molar-refractivity contribution >= 4 is 107 Å². The lowest BCUT2D eigenvalue weighted by atomic mass is 10.2. The van der Waals surface area contributed by atoms with Crippen molar-refractivity contribution in [2.45, 2.75) is 9.79 Å². The number of nitro benzene ring substituents is 2. The van der Waals surface area contributed by atoms with Crippen LogP contribution in [-0.2, 0) is 20.0 Å². The van der Waals surface area contributed by atoms with Crippen LogP contribution in [0.3, 0.4) is 0 Å².